The van der Waals surface area contributed by atoms with Gasteiger partial charge in [-0.1, -0.05) is 33.6 Å². The summed E-state index contributed by atoms with van der Waals surface area (Å²) in [5.41, 5.74) is 9.15. The van der Waals surface area contributed by atoms with Gasteiger partial charge in [-0.05, 0) is 48.7 Å². The van der Waals surface area contributed by atoms with Crippen molar-refractivity contribution in [1.29, 1.82) is 0 Å². The van der Waals surface area contributed by atoms with E-state index >= 15 is 0 Å². The molecule has 0 radical (unpaired) electrons. The van der Waals surface area contributed by atoms with Gasteiger partial charge in [-0.25, -0.2) is 4.39 Å². The van der Waals surface area contributed by atoms with E-state index in [0.717, 1.165) is 26.9 Å². The van der Waals surface area contributed by atoms with Gasteiger partial charge in [0.15, 0.2) is 0 Å². The largest absolute Gasteiger partial charge is 0.496 e. The Morgan fingerprint density at radius 1 is 1.25 bits per heavy atom. The monoisotopic (exact) mass is 337 g/mol. The van der Waals surface area contributed by atoms with Crippen LogP contribution in [0.3, 0.4) is 0 Å². The maximum Gasteiger partial charge on any atom is 0.123 e. The maximum atomic E-state index is 13.4. The normalized spacial score (nSPS) is 12.2. The summed E-state index contributed by atoms with van der Waals surface area (Å²) < 4.78 is 19.5. The van der Waals surface area contributed by atoms with Crippen molar-refractivity contribution >= 4 is 15.9 Å². The van der Waals surface area contributed by atoms with Gasteiger partial charge in [-0.15, -0.1) is 0 Å². The summed E-state index contributed by atoms with van der Waals surface area (Å²) in [6.45, 7) is 2.02. The summed E-state index contributed by atoms with van der Waals surface area (Å²) in [4.78, 5) is 0. The zero-order valence-corrected chi connectivity index (χ0v) is 13.1. The predicted octanol–water partition coefficient (Wildman–Crippen LogP) is 4.15. The molecule has 4 heteroatoms. The van der Waals surface area contributed by atoms with Crippen molar-refractivity contribution in [2.75, 3.05) is 7.11 Å². The first-order valence-corrected chi connectivity index (χ1v) is 7.14. The van der Waals surface area contributed by atoms with E-state index in [0.29, 0.717) is 6.42 Å². The molecule has 2 aromatic carbocycles. The van der Waals surface area contributed by atoms with E-state index in [2.05, 4.69) is 15.9 Å². The molecule has 0 aliphatic rings. The van der Waals surface area contributed by atoms with E-state index in [1.54, 1.807) is 13.2 Å². The standard InChI is InChI=1S/C16H17BrFNO/c1-10-3-6-16(20-2)11(7-10)8-15(19)13-9-12(18)4-5-14(13)17/h3-7,9,15H,8,19H2,1-2H3. The molecule has 0 saturated heterocycles. The molecule has 0 spiro atoms. The van der Waals surface area contributed by atoms with E-state index < -0.39 is 0 Å². The third-order valence-corrected chi connectivity index (χ3v) is 3.96. The Kier molecular flexibility index (Phi) is 4.78. The highest BCUT2D eigenvalue weighted by Crippen LogP contribution is 2.29. The lowest BCUT2D eigenvalue weighted by atomic mass is 9.98. The van der Waals surface area contributed by atoms with Crippen molar-refractivity contribution in [2.45, 2.75) is 19.4 Å². The van der Waals surface area contributed by atoms with Crippen molar-refractivity contribution < 1.29 is 9.13 Å². The number of methoxy groups -OCH3 is 1. The third-order valence-electron chi connectivity index (χ3n) is 3.23. The molecule has 106 valence electrons. The lowest BCUT2D eigenvalue weighted by Crippen LogP contribution is -2.15. The molecule has 20 heavy (non-hydrogen) atoms. The molecule has 1 atom stereocenters. The van der Waals surface area contributed by atoms with E-state index in [1.807, 2.05) is 25.1 Å². The Bertz CT molecular complexity index is 615. The minimum absolute atomic E-state index is 0.283. The first kappa shape index (κ1) is 15.0. The number of hydrogen-bond acceptors (Lipinski definition) is 2. The Hall–Kier alpha value is -1.39. The Morgan fingerprint density at radius 2 is 2.00 bits per heavy atom. The SMILES string of the molecule is COc1ccc(C)cc1CC(N)c1cc(F)ccc1Br. The van der Waals surface area contributed by atoms with E-state index in [4.69, 9.17) is 10.5 Å². The number of aryl methyl sites for hydroxylation is 1. The third kappa shape index (κ3) is 3.38. The number of halogens is 2. The molecule has 2 nitrogen and oxygen atoms in total. The minimum atomic E-state index is -0.296. The Balaban J connectivity index is 2.29. The highest BCUT2D eigenvalue weighted by atomic mass is 79.9. The number of ether oxygens (including phenoxy) is 1. The minimum Gasteiger partial charge on any atom is -0.496 e. The molecule has 0 saturated carbocycles. The fourth-order valence-electron chi connectivity index (χ4n) is 2.21. The first-order valence-electron chi connectivity index (χ1n) is 6.35. The van der Waals surface area contributed by atoms with Crippen LogP contribution >= 0.6 is 15.9 Å². The number of rotatable bonds is 4. The van der Waals surface area contributed by atoms with Gasteiger partial charge < -0.3 is 10.5 Å². The van der Waals surface area contributed by atoms with Crippen LogP contribution < -0.4 is 10.5 Å². The molecular weight excluding hydrogens is 321 g/mol. The van der Waals surface area contributed by atoms with Crippen molar-refractivity contribution in [3.05, 3.63) is 63.4 Å². The summed E-state index contributed by atoms with van der Waals surface area (Å²) in [6, 6.07) is 10.2. The summed E-state index contributed by atoms with van der Waals surface area (Å²) >= 11 is 3.42. The summed E-state index contributed by atoms with van der Waals surface area (Å²) in [7, 11) is 1.64. The molecule has 0 aliphatic heterocycles. The van der Waals surface area contributed by atoms with Gasteiger partial charge in [0.2, 0.25) is 0 Å². The Labute approximate surface area is 126 Å². The van der Waals surface area contributed by atoms with Gasteiger partial charge in [0.05, 0.1) is 7.11 Å². The molecule has 2 aromatic rings. The lowest BCUT2D eigenvalue weighted by Gasteiger charge is -2.16. The van der Waals surface area contributed by atoms with Gasteiger partial charge in [0.25, 0.3) is 0 Å². The molecule has 0 fully saturated rings. The molecule has 1 unspecified atom stereocenters. The average molecular weight is 338 g/mol. The van der Waals surface area contributed by atoms with Gasteiger partial charge >= 0.3 is 0 Å². The Morgan fingerprint density at radius 3 is 2.70 bits per heavy atom. The van der Waals surface area contributed by atoms with Gasteiger partial charge in [0, 0.05) is 10.5 Å². The number of nitrogens with two attached hydrogens (primary N) is 1. The van der Waals surface area contributed by atoms with Gasteiger partial charge in [-0.2, -0.15) is 0 Å². The van der Waals surface area contributed by atoms with Crippen LogP contribution in [0.1, 0.15) is 22.7 Å². The fraction of sp³-hybridized carbons (Fsp3) is 0.250. The van der Waals surface area contributed by atoms with Crippen LogP contribution in [0.2, 0.25) is 0 Å². The quantitative estimate of drug-likeness (QED) is 0.909. The smallest absolute Gasteiger partial charge is 0.123 e. The molecule has 0 heterocycles. The van der Waals surface area contributed by atoms with Crippen LogP contribution in [-0.4, -0.2) is 7.11 Å². The fourth-order valence-corrected chi connectivity index (χ4v) is 2.75. The highest BCUT2D eigenvalue weighted by molar-refractivity contribution is 9.10. The zero-order chi connectivity index (χ0) is 14.7. The first-order chi connectivity index (χ1) is 9.51. The van der Waals surface area contributed by atoms with Gasteiger partial charge in [-0.3, -0.25) is 0 Å². The highest BCUT2D eigenvalue weighted by Gasteiger charge is 2.14. The van der Waals surface area contributed by atoms with E-state index in [-0.39, 0.29) is 11.9 Å². The van der Waals surface area contributed by atoms with Crippen molar-refractivity contribution in [3.63, 3.8) is 0 Å². The second-order valence-electron chi connectivity index (χ2n) is 4.79. The van der Waals surface area contributed by atoms with E-state index in [1.165, 1.54) is 12.1 Å². The van der Waals surface area contributed by atoms with Crippen LogP contribution in [-0.2, 0) is 6.42 Å². The topological polar surface area (TPSA) is 35.2 Å². The molecule has 2 N–H and O–H groups in total. The van der Waals surface area contributed by atoms with Crippen LogP contribution in [0.25, 0.3) is 0 Å². The van der Waals surface area contributed by atoms with Crippen LogP contribution in [0.5, 0.6) is 5.75 Å². The summed E-state index contributed by atoms with van der Waals surface area (Å²) in [5, 5.41) is 0. The summed E-state index contributed by atoms with van der Waals surface area (Å²) in [6.07, 6.45) is 0.590. The van der Waals surface area contributed by atoms with Crippen LogP contribution in [0, 0.1) is 12.7 Å². The maximum absolute atomic E-state index is 13.4. The molecular formula is C16H17BrFNO. The summed E-state index contributed by atoms with van der Waals surface area (Å²) in [5.74, 6) is 0.522. The average Bonchev–Trinajstić information content (AvgIpc) is 2.41. The lowest BCUT2D eigenvalue weighted by molar-refractivity contribution is 0.408. The molecule has 0 aliphatic carbocycles. The van der Waals surface area contributed by atoms with Crippen LogP contribution in [0.15, 0.2) is 40.9 Å². The molecule has 0 amide bonds. The van der Waals surface area contributed by atoms with Crippen molar-refractivity contribution in [3.8, 4) is 5.75 Å². The van der Waals surface area contributed by atoms with Crippen molar-refractivity contribution in [1.82, 2.24) is 0 Å². The second-order valence-corrected chi connectivity index (χ2v) is 5.65. The molecule has 2 rings (SSSR count). The number of benzene rings is 2. The van der Waals surface area contributed by atoms with Crippen molar-refractivity contribution in [2.24, 2.45) is 5.73 Å². The van der Waals surface area contributed by atoms with E-state index in [9.17, 15) is 4.39 Å². The zero-order valence-electron chi connectivity index (χ0n) is 11.5. The van der Waals surface area contributed by atoms with Gasteiger partial charge in [0.1, 0.15) is 11.6 Å². The number of hydrogen-bond donors (Lipinski definition) is 1. The second kappa shape index (κ2) is 6.37. The molecule has 0 aromatic heterocycles. The van der Waals surface area contributed by atoms with Crippen LogP contribution in [0.4, 0.5) is 4.39 Å². The predicted molar refractivity (Wildman–Crippen MR) is 82.5 cm³/mol. The molecule has 0 bridgehead atoms.